The molecule has 0 aliphatic heterocycles. The molecular formula is C7H18N3. The summed E-state index contributed by atoms with van der Waals surface area (Å²) in [6, 6.07) is 0. The Labute approximate surface area is 63.4 Å². The fourth-order valence-corrected chi connectivity index (χ4v) is 0.822. The van der Waals surface area contributed by atoms with Crippen molar-refractivity contribution in [3.05, 3.63) is 0 Å². The van der Waals surface area contributed by atoms with E-state index in [9.17, 15) is 0 Å². The fourth-order valence-electron chi connectivity index (χ4n) is 0.822. The van der Waals surface area contributed by atoms with E-state index < -0.39 is 0 Å². The summed E-state index contributed by atoms with van der Waals surface area (Å²) in [4.78, 5) is 2.22. The summed E-state index contributed by atoms with van der Waals surface area (Å²) in [7, 11) is 2.07. The van der Waals surface area contributed by atoms with E-state index in [0.29, 0.717) is 6.54 Å². The highest BCUT2D eigenvalue weighted by molar-refractivity contribution is 4.51. The number of nitrogens with two attached hydrogens (primary N) is 1. The Morgan fingerprint density at radius 3 is 2.40 bits per heavy atom. The molecule has 10 heavy (non-hydrogen) atoms. The summed E-state index contributed by atoms with van der Waals surface area (Å²) in [5.74, 6) is 0. The third-order valence-electron chi connectivity index (χ3n) is 1.46. The van der Waals surface area contributed by atoms with E-state index in [1.165, 1.54) is 0 Å². The Kier molecular flexibility index (Phi) is 6.91. The minimum absolute atomic E-state index is 0.535. The number of hydrogen-bond donors (Lipinski definition) is 1. The molecule has 0 aliphatic carbocycles. The van der Waals surface area contributed by atoms with Gasteiger partial charge in [0.15, 0.2) is 0 Å². The van der Waals surface area contributed by atoms with Gasteiger partial charge in [-0.2, -0.15) is 0 Å². The van der Waals surface area contributed by atoms with Crippen LogP contribution in [0.1, 0.15) is 12.8 Å². The Balaban J connectivity index is 3.00. The summed E-state index contributed by atoms with van der Waals surface area (Å²) in [6.07, 6.45) is 2.04. The molecule has 0 saturated heterocycles. The third kappa shape index (κ3) is 6.01. The van der Waals surface area contributed by atoms with Gasteiger partial charge in [-0.15, -0.1) is 0 Å². The molecule has 0 fully saturated rings. The third-order valence-corrected chi connectivity index (χ3v) is 1.46. The maximum Gasteiger partial charge on any atom is 0.0112 e. The smallest absolute Gasteiger partial charge is 0.0112 e. The van der Waals surface area contributed by atoms with Crippen LogP contribution in [0.2, 0.25) is 0 Å². The molecule has 0 heterocycles. The Bertz CT molecular complexity index is 57.9. The van der Waals surface area contributed by atoms with Gasteiger partial charge in [-0.25, -0.2) is 0 Å². The highest BCUT2D eigenvalue weighted by Gasteiger charge is 1.94. The maximum absolute atomic E-state index is 6.92. The van der Waals surface area contributed by atoms with E-state index in [-0.39, 0.29) is 0 Å². The predicted octanol–water partition coefficient (Wildman–Crippen LogP) is -0.0600. The van der Waals surface area contributed by atoms with Gasteiger partial charge in [-0.3, -0.25) is 5.73 Å². The zero-order valence-corrected chi connectivity index (χ0v) is 6.77. The minimum Gasteiger partial charge on any atom is -0.330 e. The molecule has 0 aromatic carbocycles. The average Bonchev–Trinajstić information content (AvgIpc) is 1.97. The first-order chi connectivity index (χ1) is 4.81. The summed E-state index contributed by atoms with van der Waals surface area (Å²) >= 11 is 0. The van der Waals surface area contributed by atoms with Crippen molar-refractivity contribution in [2.75, 3.05) is 33.2 Å². The van der Waals surface area contributed by atoms with Gasteiger partial charge in [0.1, 0.15) is 0 Å². The van der Waals surface area contributed by atoms with E-state index in [0.717, 1.165) is 32.5 Å². The van der Waals surface area contributed by atoms with Crippen LogP contribution in [-0.2, 0) is 0 Å². The van der Waals surface area contributed by atoms with Gasteiger partial charge in [0.2, 0.25) is 0 Å². The van der Waals surface area contributed by atoms with Crippen LogP contribution in [0.25, 0.3) is 0 Å². The number of nitrogens with one attached hydrogen (secondary N) is 1. The molecule has 3 N–H and O–H groups in total. The van der Waals surface area contributed by atoms with Gasteiger partial charge in [0.05, 0.1) is 0 Å². The molecule has 0 bridgehead atoms. The molecule has 0 rings (SSSR count). The number of hydrogen-bond acceptors (Lipinski definition) is 2. The van der Waals surface area contributed by atoms with Crippen molar-refractivity contribution in [2.24, 2.45) is 5.73 Å². The Hall–Kier alpha value is -0.120. The van der Waals surface area contributed by atoms with Crippen LogP contribution in [0.15, 0.2) is 0 Å². The van der Waals surface area contributed by atoms with Crippen molar-refractivity contribution >= 4 is 0 Å². The molecule has 3 heteroatoms. The first-order valence-electron chi connectivity index (χ1n) is 3.84. The van der Waals surface area contributed by atoms with Crippen molar-refractivity contribution in [1.29, 1.82) is 0 Å². The van der Waals surface area contributed by atoms with Crippen molar-refractivity contribution in [3.63, 3.8) is 0 Å². The average molecular weight is 144 g/mol. The van der Waals surface area contributed by atoms with Crippen molar-refractivity contribution < 1.29 is 0 Å². The van der Waals surface area contributed by atoms with Gasteiger partial charge < -0.3 is 10.6 Å². The lowest BCUT2D eigenvalue weighted by Crippen LogP contribution is -2.23. The van der Waals surface area contributed by atoms with Gasteiger partial charge in [0.25, 0.3) is 0 Å². The van der Waals surface area contributed by atoms with Gasteiger partial charge in [0, 0.05) is 6.54 Å². The van der Waals surface area contributed by atoms with Crippen molar-refractivity contribution in [1.82, 2.24) is 10.6 Å². The Morgan fingerprint density at radius 2 is 1.90 bits per heavy atom. The zero-order valence-electron chi connectivity index (χ0n) is 6.77. The molecular weight excluding hydrogens is 126 g/mol. The van der Waals surface area contributed by atoms with E-state index >= 15 is 0 Å². The number of nitrogens with zero attached hydrogens (tertiary/aromatic N) is 1. The molecule has 61 valence electrons. The van der Waals surface area contributed by atoms with E-state index in [1.54, 1.807) is 0 Å². The van der Waals surface area contributed by atoms with Gasteiger partial charge in [-0.1, -0.05) is 0 Å². The molecule has 0 spiro atoms. The topological polar surface area (TPSA) is 53.1 Å². The first kappa shape index (κ1) is 9.88. The molecule has 0 aromatic rings. The molecule has 0 saturated carbocycles. The normalized spacial score (nSPS) is 10.8. The second kappa shape index (κ2) is 6.99. The zero-order chi connectivity index (χ0) is 7.82. The SMILES string of the molecule is CN(CCC[NH])CCCN. The second-order valence-electron chi connectivity index (χ2n) is 2.55. The predicted molar refractivity (Wildman–Crippen MR) is 43.7 cm³/mol. The quantitative estimate of drug-likeness (QED) is 0.568. The van der Waals surface area contributed by atoms with Crippen LogP contribution in [0.4, 0.5) is 0 Å². The summed E-state index contributed by atoms with van der Waals surface area (Å²) in [5, 5.41) is 0. The van der Waals surface area contributed by atoms with Crippen LogP contribution < -0.4 is 11.5 Å². The molecule has 0 aliphatic rings. The molecule has 1 radical (unpaired) electrons. The van der Waals surface area contributed by atoms with Crippen LogP contribution in [-0.4, -0.2) is 38.1 Å². The van der Waals surface area contributed by atoms with E-state index in [2.05, 4.69) is 11.9 Å². The van der Waals surface area contributed by atoms with Gasteiger partial charge >= 0.3 is 0 Å². The lowest BCUT2D eigenvalue weighted by atomic mass is 10.3. The fraction of sp³-hybridized carbons (Fsp3) is 1.00. The standard InChI is InChI=1S/C7H18N3/c1-10(6-2-4-8)7-3-5-9/h8H,2-7,9H2,1H3. The van der Waals surface area contributed by atoms with Crippen molar-refractivity contribution in [3.8, 4) is 0 Å². The van der Waals surface area contributed by atoms with Crippen LogP contribution in [0.3, 0.4) is 0 Å². The van der Waals surface area contributed by atoms with Crippen molar-refractivity contribution in [2.45, 2.75) is 12.8 Å². The van der Waals surface area contributed by atoms with Crippen LogP contribution in [0, 0.1) is 0 Å². The lowest BCUT2D eigenvalue weighted by molar-refractivity contribution is 0.328. The van der Waals surface area contributed by atoms with Crippen LogP contribution >= 0.6 is 0 Å². The molecule has 0 unspecified atom stereocenters. The number of rotatable bonds is 6. The lowest BCUT2D eigenvalue weighted by Gasteiger charge is -2.14. The largest absolute Gasteiger partial charge is 0.330 e. The summed E-state index contributed by atoms with van der Waals surface area (Å²) < 4.78 is 0. The second-order valence-corrected chi connectivity index (χ2v) is 2.55. The molecule has 0 aromatic heterocycles. The first-order valence-corrected chi connectivity index (χ1v) is 3.84. The minimum atomic E-state index is 0.535. The van der Waals surface area contributed by atoms with Crippen LogP contribution in [0.5, 0.6) is 0 Å². The molecule has 0 amide bonds. The van der Waals surface area contributed by atoms with E-state index in [4.69, 9.17) is 11.5 Å². The molecule has 0 atom stereocenters. The summed E-state index contributed by atoms with van der Waals surface area (Å²) in [5.41, 5.74) is 12.3. The highest BCUT2D eigenvalue weighted by atomic mass is 15.1. The van der Waals surface area contributed by atoms with Gasteiger partial charge in [-0.05, 0) is 39.5 Å². The monoisotopic (exact) mass is 144 g/mol. The Morgan fingerprint density at radius 1 is 1.30 bits per heavy atom. The highest BCUT2D eigenvalue weighted by Crippen LogP contribution is 1.87. The summed E-state index contributed by atoms with van der Waals surface area (Å²) in [6.45, 7) is 3.40. The van der Waals surface area contributed by atoms with E-state index in [1.807, 2.05) is 0 Å². The molecule has 3 nitrogen and oxygen atoms in total. The maximum atomic E-state index is 6.92.